The molecule has 9 nitrogen and oxygen atoms in total. The number of unbranched alkanes of at least 4 members (excludes halogenated alkanes) is 1. The van der Waals surface area contributed by atoms with Gasteiger partial charge in [-0.25, -0.2) is 0 Å². The van der Waals surface area contributed by atoms with Gasteiger partial charge in [-0.05, 0) is 51.7 Å². The molecule has 42 heavy (non-hydrogen) atoms. The van der Waals surface area contributed by atoms with Gasteiger partial charge in [0.2, 0.25) is 11.8 Å². The van der Waals surface area contributed by atoms with Crippen LogP contribution in [0.3, 0.4) is 0 Å². The maximum atomic E-state index is 12.2. The molecule has 0 bridgehead atoms. The fourth-order valence-electron chi connectivity index (χ4n) is 3.90. The van der Waals surface area contributed by atoms with E-state index in [0.717, 1.165) is 13.1 Å². The molecule has 0 aliphatic carbocycles. The van der Waals surface area contributed by atoms with Gasteiger partial charge in [-0.15, -0.1) is 0 Å². The SMILES string of the molecule is CC(NC(=O)CCOCCOC=CN(Cc1ccccc1)Cc1ccccc1)C(=O)NCCCCC(=O)OC(C)(C)C. The Bertz CT molecular complexity index is 1040. The maximum Gasteiger partial charge on any atom is 0.306 e. The minimum absolute atomic E-state index is 0.144. The topological polar surface area (TPSA) is 106 Å². The van der Waals surface area contributed by atoms with E-state index in [0.29, 0.717) is 39.0 Å². The molecule has 0 heterocycles. The van der Waals surface area contributed by atoms with Crippen molar-refractivity contribution < 1.29 is 28.6 Å². The second kappa shape index (κ2) is 19.3. The predicted molar refractivity (Wildman–Crippen MR) is 163 cm³/mol. The summed E-state index contributed by atoms with van der Waals surface area (Å²) >= 11 is 0. The first-order chi connectivity index (χ1) is 20.1. The van der Waals surface area contributed by atoms with Crippen molar-refractivity contribution in [3.63, 3.8) is 0 Å². The van der Waals surface area contributed by atoms with Crippen LogP contribution >= 0.6 is 0 Å². The summed E-state index contributed by atoms with van der Waals surface area (Å²) < 4.78 is 16.4. The molecule has 2 aromatic rings. The van der Waals surface area contributed by atoms with E-state index < -0.39 is 11.6 Å². The lowest BCUT2D eigenvalue weighted by Gasteiger charge is -2.20. The number of carbonyl (C=O) groups excluding carboxylic acids is 3. The van der Waals surface area contributed by atoms with Gasteiger partial charge in [0.05, 0.1) is 19.5 Å². The van der Waals surface area contributed by atoms with Gasteiger partial charge in [0.25, 0.3) is 0 Å². The largest absolute Gasteiger partial charge is 0.497 e. The molecule has 0 saturated carbocycles. The number of amides is 2. The molecule has 0 radical (unpaired) electrons. The Morgan fingerprint density at radius 1 is 0.857 bits per heavy atom. The molecule has 2 rings (SSSR count). The minimum atomic E-state index is -0.661. The minimum Gasteiger partial charge on any atom is -0.497 e. The zero-order valence-electron chi connectivity index (χ0n) is 25.5. The molecular formula is C33H47N3O6. The van der Waals surface area contributed by atoms with Crippen LogP contribution in [-0.2, 0) is 41.7 Å². The third-order valence-electron chi connectivity index (χ3n) is 5.94. The smallest absolute Gasteiger partial charge is 0.306 e. The average molecular weight is 582 g/mol. The van der Waals surface area contributed by atoms with Gasteiger partial charge >= 0.3 is 5.97 Å². The van der Waals surface area contributed by atoms with Crippen molar-refractivity contribution in [2.75, 3.05) is 26.4 Å². The molecule has 2 N–H and O–H groups in total. The monoisotopic (exact) mass is 581 g/mol. The summed E-state index contributed by atoms with van der Waals surface area (Å²) in [5, 5.41) is 5.45. The van der Waals surface area contributed by atoms with E-state index in [1.165, 1.54) is 11.1 Å². The van der Waals surface area contributed by atoms with Gasteiger partial charge in [0.1, 0.15) is 18.2 Å². The van der Waals surface area contributed by atoms with Crippen LogP contribution in [0.15, 0.2) is 73.1 Å². The molecule has 0 aromatic heterocycles. The summed E-state index contributed by atoms with van der Waals surface area (Å²) in [5.74, 6) is -0.778. The fraction of sp³-hybridized carbons (Fsp3) is 0.485. The third-order valence-corrected chi connectivity index (χ3v) is 5.94. The van der Waals surface area contributed by atoms with Crippen molar-refractivity contribution >= 4 is 17.8 Å². The van der Waals surface area contributed by atoms with Crippen LogP contribution < -0.4 is 10.6 Å². The molecule has 9 heteroatoms. The van der Waals surface area contributed by atoms with E-state index in [2.05, 4.69) is 39.8 Å². The Labute approximate surface area is 250 Å². The van der Waals surface area contributed by atoms with E-state index in [1.54, 1.807) is 13.2 Å². The number of benzene rings is 2. The average Bonchev–Trinajstić information content (AvgIpc) is 2.94. The van der Waals surface area contributed by atoms with Gasteiger partial charge in [0, 0.05) is 38.7 Å². The Kier molecular flexibility index (Phi) is 15.8. The normalized spacial score (nSPS) is 12.0. The van der Waals surface area contributed by atoms with Gasteiger partial charge in [-0.2, -0.15) is 0 Å². The Hall–Kier alpha value is -3.85. The summed E-state index contributed by atoms with van der Waals surface area (Å²) in [7, 11) is 0. The summed E-state index contributed by atoms with van der Waals surface area (Å²) in [6.45, 7) is 9.98. The summed E-state index contributed by atoms with van der Waals surface area (Å²) in [6.07, 6.45) is 5.31. The highest BCUT2D eigenvalue weighted by Gasteiger charge is 2.17. The van der Waals surface area contributed by atoms with Crippen LogP contribution in [0, 0.1) is 0 Å². The fourth-order valence-corrected chi connectivity index (χ4v) is 3.90. The number of carbonyl (C=O) groups is 3. The first-order valence-electron chi connectivity index (χ1n) is 14.6. The molecule has 1 unspecified atom stereocenters. The van der Waals surface area contributed by atoms with Crippen molar-refractivity contribution in [3.05, 3.63) is 84.3 Å². The molecule has 230 valence electrons. The molecule has 2 amide bonds. The molecule has 0 saturated heterocycles. The number of esters is 1. The van der Waals surface area contributed by atoms with E-state index in [9.17, 15) is 14.4 Å². The maximum absolute atomic E-state index is 12.2. The Morgan fingerprint density at radius 2 is 1.48 bits per heavy atom. The first-order valence-corrected chi connectivity index (χ1v) is 14.6. The van der Waals surface area contributed by atoms with E-state index in [4.69, 9.17) is 14.2 Å². The van der Waals surface area contributed by atoms with E-state index in [-0.39, 0.29) is 30.8 Å². The van der Waals surface area contributed by atoms with Crippen LogP contribution in [0.25, 0.3) is 0 Å². The van der Waals surface area contributed by atoms with Crippen LogP contribution in [-0.4, -0.2) is 60.7 Å². The van der Waals surface area contributed by atoms with Gasteiger partial charge < -0.3 is 29.7 Å². The lowest BCUT2D eigenvalue weighted by atomic mass is 10.2. The number of ether oxygens (including phenoxy) is 3. The molecular weight excluding hydrogens is 534 g/mol. The van der Waals surface area contributed by atoms with Crippen molar-refractivity contribution in [1.82, 2.24) is 15.5 Å². The van der Waals surface area contributed by atoms with Crippen LogP contribution in [0.4, 0.5) is 0 Å². The highest BCUT2D eigenvalue weighted by Crippen LogP contribution is 2.11. The van der Waals surface area contributed by atoms with E-state index >= 15 is 0 Å². The van der Waals surface area contributed by atoms with Crippen LogP contribution in [0.5, 0.6) is 0 Å². The number of hydrogen-bond acceptors (Lipinski definition) is 7. The van der Waals surface area contributed by atoms with Crippen molar-refractivity contribution in [2.24, 2.45) is 0 Å². The molecule has 2 aromatic carbocycles. The second-order valence-electron chi connectivity index (χ2n) is 11.0. The van der Waals surface area contributed by atoms with Crippen molar-refractivity contribution in [3.8, 4) is 0 Å². The standard InChI is InChI=1S/C33H47N3O6/c1-27(32(39)34-19-12-11-17-31(38)42-33(2,3)4)35-30(37)18-21-40-23-24-41-22-20-36(25-28-13-7-5-8-14-28)26-29-15-9-6-10-16-29/h5-10,13-16,20,22,27H,11-12,17-19,21,23-26H2,1-4H3,(H,34,39)(H,35,37). The first kappa shape index (κ1) is 34.4. The number of hydrogen-bond donors (Lipinski definition) is 2. The number of nitrogens with one attached hydrogen (secondary N) is 2. The van der Waals surface area contributed by atoms with Gasteiger partial charge in [-0.1, -0.05) is 60.7 Å². The predicted octanol–water partition coefficient (Wildman–Crippen LogP) is 4.72. The zero-order valence-corrected chi connectivity index (χ0v) is 25.5. The summed E-state index contributed by atoms with van der Waals surface area (Å²) in [6, 6.07) is 19.9. The van der Waals surface area contributed by atoms with Crippen LogP contribution in [0.2, 0.25) is 0 Å². The molecule has 0 spiro atoms. The highest BCUT2D eigenvalue weighted by molar-refractivity contribution is 5.87. The van der Waals surface area contributed by atoms with Gasteiger partial charge in [-0.3, -0.25) is 14.4 Å². The summed E-state index contributed by atoms with van der Waals surface area (Å²) in [5.41, 5.74) is 1.92. The lowest BCUT2D eigenvalue weighted by molar-refractivity contribution is -0.154. The Balaban J connectivity index is 1.56. The third kappa shape index (κ3) is 16.4. The van der Waals surface area contributed by atoms with Crippen molar-refractivity contribution in [2.45, 2.75) is 78.1 Å². The molecule has 0 aliphatic heterocycles. The highest BCUT2D eigenvalue weighted by atomic mass is 16.6. The molecule has 1 atom stereocenters. The molecule has 0 fully saturated rings. The van der Waals surface area contributed by atoms with Crippen molar-refractivity contribution in [1.29, 1.82) is 0 Å². The quantitative estimate of drug-likeness (QED) is 0.141. The summed E-state index contributed by atoms with van der Waals surface area (Å²) in [4.78, 5) is 38.3. The van der Waals surface area contributed by atoms with Crippen LogP contribution in [0.1, 0.15) is 64.5 Å². The Morgan fingerprint density at radius 3 is 2.07 bits per heavy atom. The number of rotatable bonds is 19. The molecule has 0 aliphatic rings. The van der Waals surface area contributed by atoms with Gasteiger partial charge in [0.15, 0.2) is 0 Å². The zero-order chi connectivity index (χ0) is 30.6. The number of nitrogens with zero attached hydrogens (tertiary/aromatic N) is 1. The second-order valence-corrected chi connectivity index (χ2v) is 11.0. The van der Waals surface area contributed by atoms with E-state index in [1.807, 2.05) is 63.4 Å². The lowest BCUT2D eigenvalue weighted by Crippen LogP contribution is -2.45.